The molecular formula is C49H52N2O4. The van der Waals surface area contributed by atoms with Gasteiger partial charge in [-0.15, -0.1) is 0 Å². The van der Waals surface area contributed by atoms with Crippen LogP contribution in [0.15, 0.2) is 121 Å². The standard InChI is InChI=1S/C49H52N2O4/c1-33-25-41(19-13-37(33)31-54-7)50(39-15-9-35(10-16-39)29-52-5)43-21-23-45-46-24-22-44(28-48(46)49(3,4)47(45)27-43)51(40-17-11-36(12-18-40)30-53-6)42-20-14-38(32-55-8)34(2)26-42/h9-28H,29-32H2,1-8H3. The number of nitrogens with zero attached hydrogens (tertiary/aromatic N) is 2. The largest absolute Gasteiger partial charge is 0.380 e. The highest BCUT2D eigenvalue weighted by Crippen LogP contribution is 2.52. The van der Waals surface area contributed by atoms with Crippen molar-refractivity contribution in [1.82, 2.24) is 0 Å². The van der Waals surface area contributed by atoms with Crippen molar-refractivity contribution in [3.05, 3.63) is 166 Å². The lowest BCUT2D eigenvalue weighted by molar-refractivity contribution is 0.184. The number of aryl methyl sites for hydroxylation is 2. The van der Waals surface area contributed by atoms with E-state index in [9.17, 15) is 0 Å². The number of methoxy groups -OCH3 is 4. The first kappa shape index (κ1) is 38.1. The third kappa shape index (κ3) is 7.56. The summed E-state index contributed by atoms with van der Waals surface area (Å²) in [6.45, 7) is 11.3. The van der Waals surface area contributed by atoms with Gasteiger partial charge in [0.15, 0.2) is 0 Å². The van der Waals surface area contributed by atoms with Gasteiger partial charge in [0.1, 0.15) is 0 Å². The molecular weight excluding hydrogens is 681 g/mol. The van der Waals surface area contributed by atoms with Gasteiger partial charge in [-0.25, -0.2) is 0 Å². The average Bonchev–Trinajstić information content (AvgIpc) is 3.40. The van der Waals surface area contributed by atoms with Gasteiger partial charge in [-0.3, -0.25) is 0 Å². The van der Waals surface area contributed by atoms with E-state index in [1.807, 2.05) is 0 Å². The Balaban J connectivity index is 1.31. The molecule has 0 amide bonds. The highest BCUT2D eigenvalue weighted by Gasteiger charge is 2.37. The molecule has 0 spiro atoms. The van der Waals surface area contributed by atoms with E-state index in [0.29, 0.717) is 26.4 Å². The number of fused-ring (bicyclic) bond motifs is 3. The van der Waals surface area contributed by atoms with Crippen LogP contribution < -0.4 is 9.80 Å². The Morgan fingerprint density at radius 1 is 0.400 bits per heavy atom. The minimum Gasteiger partial charge on any atom is -0.380 e. The first-order chi connectivity index (χ1) is 26.7. The first-order valence-corrected chi connectivity index (χ1v) is 18.9. The Labute approximate surface area is 326 Å². The molecule has 1 aliphatic rings. The predicted octanol–water partition coefficient (Wildman–Crippen LogP) is 12.1. The normalized spacial score (nSPS) is 12.7. The highest BCUT2D eigenvalue weighted by molar-refractivity contribution is 5.88. The Morgan fingerprint density at radius 3 is 1.07 bits per heavy atom. The summed E-state index contributed by atoms with van der Waals surface area (Å²) in [4.78, 5) is 4.71. The monoisotopic (exact) mass is 732 g/mol. The summed E-state index contributed by atoms with van der Waals surface area (Å²) in [7, 11) is 6.96. The third-order valence-electron chi connectivity index (χ3n) is 10.9. The SMILES string of the molecule is COCc1ccc(N(c2ccc(COC)c(C)c2)c2ccc3c(c2)C(C)(C)c2cc(N(c4ccc(COC)cc4)c4ccc(COC)c(C)c4)ccc2-3)cc1. The number of hydrogen-bond donors (Lipinski definition) is 0. The fraction of sp³-hybridized carbons (Fsp3) is 0.265. The molecule has 0 radical (unpaired) electrons. The van der Waals surface area contributed by atoms with Crippen molar-refractivity contribution in [3.8, 4) is 11.1 Å². The summed E-state index contributed by atoms with van der Waals surface area (Å²) in [5.74, 6) is 0. The molecule has 6 heteroatoms. The molecule has 0 aliphatic heterocycles. The fourth-order valence-electron chi connectivity index (χ4n) is 7.98. The quantitative estimate of drug-likeness (QED) is 0.111. The minimum absolute atomic E-state index is 0.255. The summed E-state index contributed by atoms with van der Waals surface area (Å²) >= 11 is 0. The van der Waals surface area contributed by atoms with Crippen molar-refractivity contribution in [1.29, 1.82) is 0 Å². The molecule has 6 nitrogen and oxygen atoms in total. The zero-order valence-corrected chi connectivity index (χ0v) is 33.4. The van der Waals surface area contributed by atoms with Crippen LogP contribution in [0.4, 0.5) is 34.1 Å². The maximum absolute atomic E-state index is 5.49. The van der Waals surface area contributed by atoms with Crippen LogP contribution >= 0.6 is 0 Å². The zero-order valence-electron chi connectivity index (χ0n) is 33.4. The van der Waals surface area contributed by atoms with Gasteiger partial charge in [0, 0.05) is 68.0 Å². The van der Waals surface area contributed by atoms with Crippen LogP contribution in [0.25, 0.3) is 11.1 Å². The molecule has 0 atom stereocenters. The van der Waals surface area contributed by atoms with E-state index < -0.39 is 0 Å². The van der Waals surface area contributed by atoms with Crippen molar-refractivity contribution in [3.63, 3.8) is 0 Å². The van der Waals surface area contributed by atoms with Crippen LogP contribution in [0.5, 0.6) is 0 Å². The van der Waals surface area contributed by atoms with E-state index in [0.717, 1.165) is 45.3 Å². The maximum atomic E-state index is 5.49. The Hall–Kier alpha value is -5.24. The summed E-state index contributed by atoms with van der Waals surface area (Å²) in [6.07, 6.45) is 0. The van der Waals surface area contributed by atoms with E-state index in [1.165, 1.54) is 44.5 Å². The predicted molar refractivity (Wildman–Crippen MR) is 226 cm³/mol. The highest BCUT2D eigenvalue weighted by atomic mass is 16.5. The number of rotatable bonds is 14. The van der Waals surface area contributed by atoms with Crippen LogP contribution in [0, 0.1) is 13.8 Å². The number of anilines is 6. The molecule has 0 bridgehead atoms. The van der Waals surface area contributed by atoms with Crippen molar-refractivity contribution in [2.24, 2.45) is 0 Å². The average molecular weight is 733 g/mol. The van der Waals surface area contributed by atoms with Crippen molar-refractivity contribution >= 4 is 34.1 Å². The van der Waals surface area contributed by atoms with E-state index in [-0.39, 0.29) is 5.41 Å². The van der Waals surface area contributed by atoms with Crippen LogP contribution in [0.3, 0.4) is 0 Å². The Morgan fingerprint density at radius 2 is 0.727 bits per heavy atom. The summed E-state index contributed by atoms with van der Waals surface area (Å²) in [5.41, 5.74) is 18.6. The maximum Gasteiger partial charge on any atom is 0.0715 e. The van der Waals surface area contributed by atoms with Crippen LogP contribution in [0.2, 0.25) is 0 Å². The molecule has 0 fully saturated rings. The van der Waals surface area contributed by atoms with Gasteiger partial charge in [0.25, 0.3) is 0 Å². The van der Waals surface area contributed by atoms with Gasteiger partial charge in [0.05, 0.1) is 26.4 Å². The Bertz CT molecular complexity index is 2120. The number of hydrogen-bond acceptors (Lipinski definition) is 6. The molecule has 0 aromatic heterocycles. The fourth-order valence-corrected chi connectivity index (χ4v) is 7.98. The molecule has 0 saturated heterocycles. The molecule has 0 N–H and O–H groups in total. The second kappa shape index (κ2) is 16.2. The van der Waals surface area contributed by atoms with Crippen molar-refractivity contribution in [2.45, 2.75) is 59.5 Å². The summed E-state index contributed by atoms with van der Waals surface area (Å²) < 4.78 is 21.8. The second-order valence-electron chi connectivity index (χ2n) is 15.0. The lowest BCUT2D eigenvalue weighted by atomic mass is 9.82. The summed E-state index contributed by atoms with van der Waals surface area (Å²) in [6, 6.07) is 44.5. The summed E-state index contributed by atoms with van der Waals surface area (Å²) in [5, 5.41) is 0. The second-order valence-corrected chi connectivity index (χ2v) is 15.0. The van der Waals surface area contributed by atoms with Gasteiger partial charge in [-0.2, -0.15) is 0 Å². The van der Waals surface area contributed by atoms with Gasteiger partial charge in [0.2, 0.25) is 0 Å². The van der Waals surface area contributed by atoms with E-state index >= 15 is 0 Å². The van der Waals surface area contributed by atoms with E-state index in [4.69, 9.17) is 18.9 Å². The molecule has 6 aromatic rings. The van der Waals surface area contributed by atoms with Gasteiger partial charge < -0.3 is 28.7 Å². The number of benzene rings is 6. The van der Waals surface area contributed by atoms with Gasteiger partial charge in [-0.1, -0.05) is 62.4 Å². The number of ether oxygens (including phenoxy) is 4. The third-order valence-corrected chi connectivity index (χ3v) is 10.9. The topological polar surface area (TPSA) is 43.4 Å². The molecule has 282 valence electrons. The van der Waals surface area contributed by atoms with Gasteiger partial charge in [-0.05, 0) is 142 Å². The van der Waals surface area contributed by atoms with E-state index in [1.54, 1.807) is 28.4 Å². The Kier molecular flexibility index (Phi) is 11.2. The molecule has 6 aromatic carbocycles. The molecule has 0 unspecified atom stereocenters. The molecule has 0 heterocycles. The molecule has 0 saturated carbocycles. The molecule has 55 heavy (non-hydrogen) atoms. The van der Waals surface area contributed by atoms with Crippen LogP contribution in [-0.4, -0.2) is 28.4 Å². The van der Waals surface area contributed by atoms with Crippen molar-refractivity contribution < 1.29 is 18.9 Å². The van der Waals surface area contributed by atoms with Gasteiger partial charge >= 0.3 is 0 Å². The molecule has 1 aliphatic carbocycles. The van der Waals surface area contributed by atoms with Crippen LogP contribution in [-0.2, 0) is 50.8 Å². The lowest BCUT2D eigenvalue weighted by Crippen LogP contribution is -2.18. The zero-order chi connectivity index (χ0) is 38.7. The van der Waals surface area contributed by atoms with Crippen molar-refractivity contribution in [2.75, 3.05) is 38.2 Å². The minimum atomic E-state index is -0.255. The smallest absolute Gasteiger partial charge is 0.0715 e. The first-order valence-electron chi connectivity index (χ1n) is 18.9. The molecule has 7 rings (SSSR count). The van der Waals surface area contributed by atoms with Crippen LogP contribution in [0.1, 0.15) is 58.4 Å². The van der Waals surface area contributed by atoms with E-state index in [2.05, 4.69) is 159 Å². The lowest BCUT2D eigenvalue weighted by Gasteiger charge is -2.30.